The van der Waals surface area contributed by atoms with Crippen molar-refractivity contribution < 1.29 is 27.4 Å². The first-order valence-electron chi connectivity index (χ1n) is 8.39. The SMILES string of the molecule is COCCOc1ccc(C(F)(F)F)cc1NC(=O)Cc1ccc(C)c(C)c1. The summed E-state index contributed by atoms with van der Waals surface area (Å²) in [6.07, 6.45) is -4.46. The van der Waals surface area contributed by atoms with Crippen LogP contribution in [0.2, 0.25) is 0 Å². The van der Waals surface area contributed by atoms with E-state index in [0.29, 0.717) is 0 Å². The third kappa shape index (κ3) is 5.99. The number of carbonyl (C=O) groups is 1. The minimum Gasteiger partial charge on any atom is -0.489 e. The lowest BCUT2D eigenvalue weighted by Crippen LogP contribution is -2.17. The van der Waals surface area contributed by atoms with E-state index in [2.05, 4.69) is 5.32 Å². The first-order valence-corrected chi connectivity index (χ1v) is 8.39. The van der Waals surface area contributed by atoms with E-state index in [-0.39, 0.29) is 31.1 Å². The summed E-state index contributed by atoms with van der Waals surface area (Å²) in [5, 5.41) is 2.53. The van der Waals surface area contributed by atoms with Gasteiger partial charge >= 0.3 is 6.18 Å². The standard InChI is InChI=1S/C20H22F3NO3/c1-13-4-5-15(10-14(13)2)11-19(25)24-17-12-16(20(21,22)23)6-7-18(17)27-9-8-26-3/h4-7,10,12H,8-9,11H2,1-3H3,(H,24,25). The van der Waals surface area contributed by atoms with Gasteiger partial charge in [0.2, 0.25) is 5.91 Å². The molecule has 0 aliphatic rings. The lowest BCUT2D eigenvalue weighted by Gasteiger charge is -2.15. The van der Waals surface area contributed by atoms with Crippen LogP contribution in [0.1, 0.15) is 22.3 Å². The number of rotatable bonds is 7. The van der Waals surface area contributed by atoms with Crippen LogP contribution in [-0.4, -0.2) is 26.2 Å². The maximum Gasteiger partial charge on any atom is 0.416 e. The summed E-state index contributed by atoms with van der Waals surface area (Å²) in [6.45, 7) is 4.33. The molecular weight excluding hydrogens is 359 g/mol. The van der Waals surface area contributed by atoms with Crippen LogP contribution < -0.4 is 10.1 Å². The van der Waals surface area contributed by atoms with Crippen LogP contribution in [0.15, 0.2) is 36.4 Å². The minimum atomic E-state index is -4.52. The molecule has 27 heavy (non-hydrogen) atoms. The van der Waals surface area contributed by atoms with E-state index in [1.807, 2.05) is 32.0 Å². The van der Waals surface area contributed by atoms with Crippen LogP contribution in [0.3, 0.4) is 0 Å². The van der Waals surface area contributed by atoms with Gasteiger partial charge in [0.25, 0.3) is 0 Å². The van der Waals surface area contributed by atoms with E-state index < -0.39 is 17.6 Å². The zero-order valence-electron chi connectivity index (χ0n) is 15.4. The molecular formula is C20H22F3NO3. The van der Waals surface area contributed by atoms with Gasteiger partial charge in [-0.3, -0.25) is 4.79 Å². The molecule has 146 valence electrons. The maximum atomic E-state index is 13.0. The van der Waals surface area contributed by atoms with Gasteiger partial charge < -0.3 is 14.8 Å². The molecule has 0 bridgehead atoms. The Morgan fingerprint density at radius 3 is 2.41 bits per heavy atom. The highest BCUT2D eigenvalue weighted by Gasteiger charge is 2.31. The van der Waals surface area contributed by atoms with Crippen LogP contribution in [0.4, 0.5) is 18.9 Å². The number of nitrogens with one attached hydrogen (secondary N) is 1. The molecule has 0 heterocycles. The molecule has 0 unspecified atom stereocenters. The molecule has 1 N–H and O–H groups in total. The van der Waals surface area contributed by atoms with Crippen molar-refractivity contribution in [1.82, 2.24) is 0 Å². The van der Waals surface area contributed by atoms with E-state index in [0.717, 1.165) is 28.8 Å². The molecule has 0 aliphatic heterocycles. The Morgan fingerprint density at radius 2 is 1.78 bits per heavy atom. The Labute approximate surface area is 156 Å². The van der Waals surface area contributed by atoms with Crippen LogP contribution in [0, 0.1) is 13.8 Å². The van der Waals surface area contributed by atoms with E-state index in [1.165, 1.54) is 13.2 Å². The number of methoxy groups -OCH3 is 1. The number of amides is 1. The molecule has 2 rings (SSSR count). The average molecular weight is 381 g/mol. The van der Waals surface area contributed by atoms with Crippen LogP contribution in [-0.2, 0) is 22.1 Å². The number of carbonyl (C=O) groups excluding carboxylic acids is 1. The van der Waals surface area contributed by atoms with Gasteiger partial charge in [-0.25, -0.2) is 0 Å². The van der Waals surface area contributed by atoms with Crippen molar-refractivity contribution in [3.8, 4) is 5.75 Å². The van der Waals surface area contributed by atoms with Crippen LogP contribution in [0.5, 0.6) is 5.75 Å². The van der Waals surface area contributed by atoms with Crippen molar-refractivity contribution in [3.05, 3.63) is 58.7 Å². The third-order valence-electron chi connectivity index (χ3n) is 4.06. The number of halogens is 3. The van der Waals surface area contributed by atoms with Crippen molar-refractivity contribution in [2.45, 2.75) is 26.4 Å². The van der Waals surface area contributed by atoms with Crippen LogP contribution in [0.25, 0.3) is 0 Å². The maximum absolute atomic E-state index is 13.0. The zero-order chi connectivity index (χ0) is 20.0. The molecule has 7 heteroatoms. The summed E-state index contributed by atoms with van der Waals surface area (Å²) in [7, 11) is 1.49. The number of aryl methyl sites for hydroxylation is 2. The van der Waals surface area contributed by atoms with E-state index >= 15 is 0 Å². The Morgan fingerprint density at radius 1 is 1.04 bits per heavy atom. The van der Waals surface area contributed by atoms with Gasteiger partial charge in [-0.15, -0.1) is 0 Å². The smallest absolute Gasteiger partial charge is 0.416 e. The fourth-order valence-corrected chi connectivity index (χ4v) is 2.46. The number of anilines is 1. The molecule has 0 atom stereocenters. The minimum absolute atomic E-state index is 0.0187. The summed E-state index contributed by atoms with van der Waals surface area (Å²) >= 11 is 0. The summed E-state index contributed by atoms with van der Waals surface area (Å²) in [5.41, 5.74) is 2.05. The summed E-state index contributed by atoms with van der Waals surface area (Å²) in [4.78, 5) is 12.3. The van der Waals surface area contributed by atoms with Gasteiger partial charge in [-0.2, -0.15) is 13.2 Å². The first-order chi connectivity index (χ1) is 12.7. The topological polar surface area (TPSA) is 47.6 Å². The lowest BCUT2D eigenvalue weighted by molar-refractivity contribution is -0.137. The highest BCUT2D eigenvalue weighted by atomic mass is 19.4. The third-order valence-corrected chi connectivity index (χ3v) is 4.06. The predicted molar refractivity (Wildman–Crippen MR) is 97.1 cm³/mol. The number of hydrogen-bond acceptors (Lipinski definition) is 3. The molecule has 0 fully saturated rings. The van der Waals surface area contributed by atoms with Gasteiger partial charge in [0.05, 0.1) is 24.3 Å². The van der Waals surface area contributed by atoms with Crippen molar-refractivity contribution in [2.24, 2.45) is 0 Å². The summed E-state index contributed by atoms with van der Waals surface area (Å²) in [6, 6.07) is 8.61. The normalized spacial score (nSPS) is 11.3. The van der Waals surface area contributed by atoms with Gasteiger partial charge in [-0.1, -0.05) is 18.2 Å². The Balaban J connectivity index is 2.19. The molecule has 0 saturated carbocycles. The number of hydrogen-bond donors (Lipinski definition) is 1. The van der Waals surface area contributed by atoms with E-state index in [4.69, 9.17) is 9.47 Å². The molecule has 0 spiro atoms. The first kappa shape index (κ1) is 20.8. The second kappa shape index (κ2) is 8.90. The van der Waals surface area contributed by atoms with E-state index in [1.54, 1.807) is 0 Å². The average Bonchev–Trinajstić information content (AvgIpc) is 2.58. The van der Waals surface area contributed by atoms with Crippen molar-refractivity contribution in [2.75, 3.05) is 25.6 Å². The quantitative estimate of drug-likeness (QED) is 0.717. The molecule has 4 nitrogen and oxygen atoms in total. The lowest BCUT2D eigenvalue weighted by atomic mass is 10.0. The molecule has 0 aliphatic carbocycles. The fraction of sp³-hybridized carbons (Fsp3) is 0.350. The molecule has 0 aromatic heterocycles. The second-order valence-electron chi connectivity index (χ2n) is 6.19. The van der Waals surface area contributed by atoms with Crippen molar-refractivity contribution in [3.63, 3.8) is 0 Å². The largest absolute Gasteiger partial charge is 0.489 e. The van der Waals surface area contributed by atoms with Crippen LogP contribution >= 0.6 is 0 Å². The monoisotopic (exact) mass is 381 g/mol. The second-order valence-corrected chi connectivity index (χ2v) is 6.19. The van der Waals surface area contributed by atoms with Crippen molar-refractivity contribution >= 4 is 11.6 Å². The molecule has 1 amide bonds. The molecule has 2 aromatic carbocycles. The fourth-order valence-electron chi connectivity index (χ4n) is 2.46. The molecule has 0 radical (unpaired) electrons. The number of ether oxygens (including phenoxy) is 2. The summed E-state index contributed by atoms with van der Waals surface area (Å²) < 4.78 is 49.3. The zero-order valence-corrected chi connectivity index (χ0v) is 15.4. The highest BCUT2D eigenvalue weighted by molar-refractivity contribution is 5.93. The molecule has 2 aromatic rings. The van der Waals surface area contributed by atoms with Gasteiger partial charge in [-0.05, 0) is 48.7 Å². The summed E-state index contributed by atoms with van der Waals surface area (Å²) in [5.74, 6) is -0.261. The number of benzene rings is 2. The van der Waals surface area contributed by atoms with Gasteiger partial charge in [0.15, 0.2) is 0 Å². The Hall–Kier alpha value is -2.54. The molecule has 0 saturated heterocycles. The van der Waals surface area contributed by atoms with E-state index in [9.17, 15) is 18.0 Å². The highest BCUT2D eigenvalue weighted by Crippen LogP contribution is 2.35. The van der Waals surface area contributed by atoms with Crippen molar-refractivity contribution in [1.29, 1.82) is 0 Å². The predicted octanol–water partition coefficient (Wildman–Crippen LogP) is 4.53. The Bertz CT molecular complexity index is 804. The number of alkyl halides is 3. The van der Waals surface area contributed by atoms with Gasteiger partial charge in [0.1, 0.15) is 12.4 Å². The Kier molecular flexibility index (Phi) is 6.85. The van der Waals surface area contributed by atoms with Gasteiger partial charge in [0, 0.05) is 7.11 Å².